The van der Waals surface area contributed by atoms with Crippen molar-refractivity contribution in [1.29, 1.82) is 0 Å². The van der Waals surface area contributed by atoms with Gasteiger partial charge in [0, 0.05) is 32.7 Å². The zero-order chi connectivity index (χ0) is 26.3. The fourth-order valence-electron chi connectivity index (χ4n) is 5.48. The summed E-state index contributed by atoms with van der Waals surface area (Å²) in [6.45, 7) is 5.23. The van der Waals surface area contributed by atoms with Crippen molar-refractivity contribution in [2.75, 3.05) is 25.1 Å². The number of carbonyl (C=O) groups excluding carboxylic acids is 2. The van der Waals surface area contributed by atoms with E-state index in [-0.39, 0.29) is 42.5 Å². The maximum atomic E-state index is 12.8. The summed E-state index contributed by atoms with van der Waals surface area (Å²) >= 11 is 0. The lowest BCUT2D eigenvalue weighted by molar-refractivity contribution is -0.145. The van der Waals surface area contributed by atoms with Crippen molar-refractivity contribution >= 4 is 27.9 Å². The number of methoxy groups -OCH3 is 2. The molecular formula is C24H36N4O7S. The van der Waals surface area contributed by atoms with Crippen LogP contribution < -0.4 is 19.9 Å². The number of hydrazine groups is 1. The first-order chi connectivity index (χ1) is 16.9. The molecule has 0 bridgehead atoms. The van der Waals surface area contributed by atoms with Crippen LogP contribution in [-0.4, -0.2) is 65.0 Å². The number of amides is 2. The van der Waals surface area contributed by atoms with Crippen LogP contribution in [0.25, 0.3) is 0 Å². The highest BCUT2D eigenvalue weighted by atomic mass is 32.2. The molecule has 3 N–H and O–H groups in total. The molecule has 4 rings (SSSR count). The molecule has 1 saturated heterocycles. The van der Waals surface area contributed by atoms with Crippen molar-refractivity contribution in [3.8, 4) is 0 Å². The molecule has 1 aromatic rings. The number of nitrogens with zero attached hydrogens (tertiary/aromatic N) is 1. The van der Waals surface area contributed by atoms with E-state index in [1.807, 2.05) is 16.9 Å². The lowest BCUT2D eigenvalue weighted by Gasteiger charge is -2.46. The van der Waals surface area contributed by atoms with E-state index in [1.165, 1.54) is 4.31 Å². The topological polar surface area (TPSA) is 135 Å². The maximum absolute atomic E-state index is 12.8. The van der Waals surface area contributed by atoms with Gasteiger partial charge in [-0.2, -0.15) is 8.42 Å². The van der Waals surface area contributed by atoms with Gasteiger partial charge in [0.1, 0.15) is 5.60 Å². The highest BCUT2D eigenvalue weighted by Gasteiger charge is 2.46. The monoisotopic (exact) mass is 524 g/mol. The standard InChI is InChI=1S/C24H36N4O7S/c1-24(2,3)35-23(30)27-36(31,32)28-9-8-15-10-14(6-7-19(15)28)11-18-16-12-20(33-4)21(34-5)13-17(16)22(29)26-25-18/h6-7,10,16-18,20-21,25H,8-9,11-13H2,1-5H3,(H,26,29)(H,27,30). The molecule has 11 nitrogen and oxygen atoms in total. The summed E-state index contributed by atoms with van der Waals surface area (Å²) in [5, 5.41) is 0. The number of hydrogen-bond donors (Lipinski definition) is 3. The Morgan fingerprint density at radius 2 is 1.86 bits per heavy atom. The van der Waals surface area contributed by atoms with E-state index < -0.39 is 21.9 Å². The molecule has 1 aromatic carbocycles. The van der Waals surface area contributed by atoms with Crippen molar-refractivity contribution in [3.05, 3.63) is 29.3 Å². The minimum Gasteiger partial charge on any atom is -0.443 e. The Balaban J connectivity index is 1.47. The number of hydrogen-bond acceptors (Lipinski definition) is 8. The van der Waals surface area contributed by atoms with Gasteiger partial charge >= 0.3 is 16.3 Å². The fraction of sp³-hybridized carbons (Fsp3) is 0.667. The van der Waals surface area contributed by atoms with Gasteiger partial charge in [0.2, 0.25) is 5.91 Å². The predicted octanol–water partition coefficient (Wildman–Crippen LogP) is 1.42. The zero-order valence-electron chi connectivity index (χ0n) is 21.4. The summed E-state index contributed by atoms with van der Waals surface area (Å²) in [4.78, 5) is 24.6. The Kier molecular flexibility index (Phi) is 7.52. The predicted molar refractivity (Wildman–Crippen MR) is 132 cm³/mol. The number of benzene rings is 1. The first-order valence-electron chi connectivity index (χ1n) is 12.2. The van der Waals surface area contributed by atoms with Gasteiger partial charge in [-0.25, -0.2) is 14.9 Å². The van der Waals surface area contributed by atoms with Crippen LogP contribution in [0, 0.1) is 11.8 Å². The van der Waals surface area contributed by atoms with Crippen molar-refractivity contribution in [3.63, 3.8) is 0 Å². The van der Waals surface area contributed by atoms with Crippen LogP contribution in [0.5, 0.6) is 0 Å². The molecule has 2 heterocycles. The van der Waals surface area contributed by atoms with Crippen LogP contribution in [0.15, 0.2) is 18.2 Å². The van der Waals surface area contributed by atoms with Crippen LogP contribution in [0.2, 0.25) is 0 Å². The van der Waals surface area contributed by atoms with Crippen LogP contribution in [-0.2, 0) is 42.1 Å². The van der Waals surface area contributed by atoms with E-state index in [1.54, 1.807) is 41.1 Å². The number of rotatable bonds is 6. The highest BCUT2D eigenvalue weighted by molar-refractivity contribution is 7.91. The quantitative estimate of drug-likeness (QED) is 0.509. The summed E-state index contributed by atoms with van der Waals surface area (Å²) in [6.07, 6.45) is 1.28. The Labute approximate surface area is 212 Å². The number of nitrogens with one attached hydrogen (secondary N) is 3. The third kappa shape index (κ3) is 5.61. The Morgan fingerprint density at radius 3 is 2.53 bits per heavy atom. The maximum Gasteiger partial charge on any atom is 0.422 e. The van der Waals surface area contributed by atoms with Crippen LogP contribution in [0.3, 0.4) is 0 Å². The Hall–Kier alpha value is -2.41. The molecule has 2 fully saturated rings. The van der Waals surface area contributed by atoms with E-state index in [9.17, 15) is 18.0 Å². The minimum absolute atomic E-state index is 0.00344. The summed E-state index contributed by atoms with van der Waals surface area (Å²) in [5.41, 5.74) is 7.63. The molecule has 3 aliphatic rings. The molecular weight excluding hydrogens is 488 g/mol. The van der Waals surface area contributed by atoms with Crippen LogP contribution >= 0.6 is 0 Å². The van der Waals surface area contributed by atoms with Gasteiger partial charge in [-0.3, -0.25) is 14.5 Å². The third-order valence-electron chi connectivity index (χ3n) is 7.12. The fourth-order valence-corrected chi connectivity index (χ4v) is 6.62. The normalized spacial score (nSPS) is 28.2. The Bertz CT molecular complexity index is 1100. The van der Waals surface area contributed by atoms with Crippen molar-refractivity contribution in [2.45, 2.75) is 70.3 Å². The van der Waals surface area contributed by atoms with Crippen LogP contribution in [0.1, 0.15) is 44.7 Å². The van der Waals surface area contributed by atoms with E-state index in [2.05, 4.69) is 10.9 Å². The minimum atomic E-state index is -4.10. The second-order valence-electron chi connectivity index (χ2n) is 10.6. The SMILES string of the molecule is COC1CC2C(=O)NNC(Cc3ccc4c(c3)CCN4S(=O)(=O)NC(=O)OC(C)(C)C)C2CC1OC. The average Bonchev–Trinajstić information content (AvgIpc) is 3.23. The molecule has 5 unspecified atom stereocenters. The number of fused-ring (bicyclic) bond motifs is 2. The van der Waals surface area contributed by atoms with Gasteiger partial charge < -0.3 is 14.2 Å². The van der Waals surface area contributed by atoms with E-state index in [0.717, 1.165) is 11.1 Å². The first kappa shape index (κ1) is 26.6. The average molecular weight is 525 g/mol. The van der Waals surface area contributed by atoms with Crippen molar-refractivity contribution in [2.24, 2.45) is 11.8 Å². The Morgan fingerprint density at radius 1 is 1.17 bits per heavy atom. The number of anilines is 1. The highest BCUT2D eigenvalue weighted by Crippen LogP contribution is 2.38. The van der Waals surface area contributed by atoms with Gasteiger partial charge in [0.15, 0.2) is 0 Å². The second-order valence-corrected chi connectivity index (χ2v) is 12.2. The van der Waals surface area contributed by atoms with Crippen molar-refractivity contribution in [1.82, 2.24) is 15.6 Å². The van der Waals surface area contributed by atoms with Gasteiger partial charge in [-0.1, -0.05) is 12.1 Å². The lowest BCUT2D eigenvalue weighted by Crippen LogP contribution is -2.63. The smallest absolute Gasteiger partial charge is 0.422 e. The zero-order valence-corrected chi connectivity index (χ0v) is 22.2. The molecule has 1 aliphatic carbocycles. The molecule has 2 amide bonds. The molecule has 1 saturated carbocycles. The van der Waals surface area contributed by atoms with Gasteiger partial charge in [-0.15, -0.1) is 0 Å². The van der Waals surface area contributed by atoms with E-state index >= 15 is 0 Å². The molecule has 200 valence electrons. The summed E-state index contributed by atoms with van der Waals surface area (Å²) in [6, 6.07) is 5.66. The first-order valence-corrected chi connectivity index (χ1v) is 13.6. The largest absolute Gasteiger partial charge is 0.443 e. The van der Waals surface area contributed by atoms with Gasteiger partial charge in [0.05, 0.1) is 17.9 Å². The molecule has 0 radical (unpaired) electrons. The van der Waals surface area contributed by atoms with Gasteiger partial charge in [-0.05, 0) is 69.6 Å². The van der Waals surface area contributed by atoms with Crippen molar-refractivity contribution < 1.29 is 32.2 Å². The molecule has 5 atom stereocenters. The second kappa shape index (κ2) is 10.2. The van der Waals surface area contributed by atoms with E-state index in [4.69, 9.17) is 14.2 Å². The third-order valence-corrected chi connectivity index (χ3v) is 8.50. The molecule has 12 heteroatoms. The molecule has 36 heavy (non-hydrogen) atoms. The molecule has 0 aromatic heterocycles. The summed E-state index contributed by atoms with van der Waals surface area (Å²) in [7, 11) is -0.790. The summed E-state index contributed by atoms with van der Waals surface area (Å²) in [5.74, 6) is -0.111. The van der Waals surface area contributed by atoms with E-state index in [0.29, 0.717) is 31.4 Å². The summed E-state index contributed by atoms with van der Waals surface area (Å²) < 4.78 is 45.2. The lowest BCUT2D eigenvalue weighted by atomic mass is 9.70. The number of ether oxygens (including phenoxy) is 3. The molecule has 0 spiro atoms. The van der Waals surface area contributed by atoms with Crippen LogP contribution in [0.4, 0.5) is 10.5 Å². The molecule has 2 aliphatic heterocycles. The number of carbonyl (C=O) groups is 2. The van der Waals surface area contributed by atoms with Gasteiger partial charge in [0.25, 0.3) is 0 Å².